The minimum absolute atomic E-state index is 0.0505. The summed E-state index contributed by atoms with van der Waals surface area (Å²) in [5.74, 6) is 0.104. The molecule has 0 amide bonds. The van der Waals surface area contributed by atoms with Crippen LogP contribution in [0.2, 0.25) is 5.02 Å². The first-order valence-corrected chi connectivity index (χ1v) is 8.48. The van der Waals surface area contributed by atoms with E-state index in [0.29, 0.717) is 17.1 Å². The number of hydrogen-bond acceptors (Lipinski definition) is 4. The monoisotopic (exact) mass is 357 g/mol. The molecule has 2 aromatic rings. The first-order chi connectivity index (χ1) is 10.7. The first-order valence-electron chi connectivity index (χ1n) is 6.66. The number of rotatable bonds is 2. The van der Waals surface area contributed by atoms with Crippen molar-refractivity contribution in [1.82, 2.24) is 4.31 Å². The summed E-state index contributed by atoms with van der Waals surface area (Å²) in [5, 5.41) is 10.1. The lowest BCUT2D eigenvalue weighted by Gasteiger charge is -2.15. The van der Waals surface area contributed by atoms with E-state index >= 15 is 0 Å². The number of sulfonamides is 1. The van der Waals surface area contributed by atoms with Crippen LogP contribution in [0.3, 0.4) is 0 Å². The highest BCUT2D eigenvalue weighted by atomic mass is 35.5. The second-order valence-electron chi connectivity index (χ2n) is 5.17. The van der Waals surface area contributed by atoms with E-state index in [1.165, 1.54) is 37.4 Å². The van der Waals surface area contributed by atoms with E-state index in [0.717, 1.165) is 4.31 Å². The molecular weight excluding hydrogens is 345 g/mol. The zero-order valence-corrected chi connectivity index (χ0v) is 13.8. The highest BCUT2D eigenvalue weighted by molar-refractivity contribution is 7.89. The minimum atomic E-state index is -3.70. The Kier molecular flexibility index (Phi) is 3.84. The van der Waals surface area contributed by atoms with Crippen LogP contribution in [0, 0.1) is 12.7 Å². The van der Waals surface area contributed by atoms with Crippen LogP contribution in [-0.4, -0.2) is 24.9 Å². The van der Waals surface area contributed by atoms with Crippen molar-refractivity contribution in [2.24, 2.45) is 0 Å². The number of nitrogens with zero attached hydrogens (tertiary/aromatic N) is 1. The average molecular weight is 358 g/mol. The Bertz CT molecular complexity index is 901. The first kappa shape index (κ1) is 16.2. The zero-order valence-electron chi connectivity index (χ0n) is 12.2. The second kappa shape index (κ2) is 5.45. The number of halogens is 2. The Labute approximate surface area is 137 Å². The van der Waals surface area contributed by atoms with Crippen LogP contribution >= 0.6 is 11.6 Å². The van der Waals surface area contributed by atoms with Crippen molar-refractivity contribution in [2.45, 2.75) is 18.0 Å². The molecule has 0 saturated carbocycles. The molecule has 2 aromatic carbocycles. The molecule has 1 aliphatic rings. The van der Waals surface area contributed by atoms with Gasteiger partial charge in [-0.3, -0.25) is 0 Å². The molecule has 8 heteroatoms. The van der Waals surface area contributed by atoms with Crippen LogP contribution in [0.25, 0.3) is 0 Å². The number of aliphatic hydroxyl groups excluding tert-OH is 1. The zero-order chi connectivity index (χ0) is 16.9. The van der Waals surface area contributed by atoms with Crippen LogP contribution in [-0.2, 0) is 10.0 Å². The van der Waals surface area contributed by atoms with Gasteiger partial charge in [0.1, 0.15) is 23.5 Å². The van der Waals surface area contributed by atoms with Gasteiger partial charge in [-0.1, -0.05) is 11.6 Å². The molecule has 5 nitrogen and oxygen atoms in total. The van der Waals surface area contributed by atoms with Gasteiger partial charge in [-0.25, -0.2) is 12.8 Å². The fraction of sp³-hybridized carbons (Fsp3) is 0.200. The highest BCUT2D eigenvalue weighted by Gasteiger charge is 2.41. The Morgan fingerprint density at radius 2 is 2.00 bits per heavy atom. The fourth-order valence-corrected chi connectivity index (χ4v) is 4.10. The van der Waals surface area contributed by atoms with Gasteiger partial charge < -0.3 is 9.84 Å². The van der Waals surface area contributed by atoms with Gasteiger partial charge in [0.05, 0.1) is 9.92 Å². The summed E-state index contributed by atoms with van der Waals surface area (Å²) < 4.78 is 44.1. The van der Waals surface area contributed by atoms with Gasteiger partial charge in [-0.05, 0) is 31.2 Å². The molecule has 0 bridgehead atoms. The largest absolute Gasteiger partial charge is 0.457 e. The lowest BCUT2D eigenvalue weighted by molar-refractivity contribution is 0.0843. The SMILES string of the molecule is Cc1c(Oc2ccc(F)c(Cl)c2)ccc2c1C(O)N(C)S2(=O)=O. The Hall–Kier alpha value is -1.67. The molecule has 1 aliphatic heterocycles. The number of ether oxygens (including phenoxy) is 1. The molecule has 1 unspecified atom stereocenters. The molecule has 0 fully saturated rings. The molecule has 122 valence electrons. The maximum Gasteiger partial charge on any atom is 0.245 e. The molecule has 0 spiro atoms. The standard InChI is InChI=1S/C15H13ClFNO4S/c1-8-12(22-9-3-4-11(17)10(16)7-9)5-6-13-14(8)15(19)18(2)23(13,20)21/h3-7,15,19H,1-2H3. The van der Waals surface area contributed by atoms with Crippen LogP contribution in [0.5, 0.6) is 11.5 Å². The van der Waals surface area contributed by atoms with E-state index in [1.807, 2.05) is 0 Å². The number of fused-ring (bicyclic) bond motifs is 1. The van der Waals surface area contributed by atoms with E-state index in [2.05, 4.69) is 0 Å². The third-order valence-electron chi connectivity index (χ3n) is 3.80. The summed E-state index contributed by atoms with van der Waals surface area (Å²) in [6.07, 6.45) is -1.27. The van der Waals surface area contributed by atoms with Crippen molar-refractivity contribution in [3.63, 3.8) is 0 Å². The molecule has 0 radical (unpaired) electrons. The van der Waals surface area contributed by atoms with Crippen LogP contribution in [0.15, 0.2) is 35.2 Å². The molecule has 0 aliphatic carbocycles. The summed E-state index contributed by atoms with van der Waals surface area (Å²) >= 11 is 5.71. The molecule has 0 aromatic heterocycles. The normalized spacial score (nSPS) is 19.6. The van der Waals surface area contributed by atoms with Gasteiger partial charge >= 0.3 is 0 Å². The van der Waals surface area contributed by atoms with Crippen LogP contribution in [0.4, 0.5) is 4.39 Å². The van der Waals surface area contributed by atoms with E-state index in [4.69, 9.17) is 16.3 Å². The highest BCUT2D eigenvalue weighted by Crippen LogP contribution is 2.42. The van der Waals surface area contributed by atoms with Gasteiger partial charge in [-0.2, -0.15) is 4.31 Å². The number of aliphatic hydroxyl groups is 1. The van der Waals surface area contributed by atoms with E-state index in [-0.39, 0.29) is 15.5 Å². The van der Waals surface area contributed by atoms with Gasteiger partial charge in [0.15, 0.2) is 0 Å². The summed E-state index contributed by atoms with van der Waals surface area (Å²) in [6, 6.07) is 6.78. The predicted molar refractivity (Wildman–Crippen MR) is 82.6 cm³/mol. The van der Waals surface area contributed by atoms with Crippen molar-refractivity contribution < 1.29 is 22.7 Å². The smallest absolute Gasteiger partial charge is 0.245 e. The summed E-state index contributed by atoms with van der Waals surface area (Å²) in [6.45, 7) is 1.65. The van der Waals surface area contributed by atoms with Crippen LogP contribution < -0.4 is 4.74 Å². The van der Waals surface area contributed by atoms with Crippen molar-refractivity contribution in [3.05, 3.63) is 52.3 Å². The molecule has 3 rings (SSSR count). The topological polar surface area (TPSA) is 66.8 Å². The maximum atomic E-state index is 13.2. The molecule has 1 heterocycles. The van der Waals surface area contributed by atoms with Crippen LogP contribution in [0.1, 0.15) is 17.4 Å². The third-order valence-corrected chi connectivity index (χ3v) is 5.96. The fourth-order valence-electron chi connectivity index (χ4n) is 2.48. The van der Waals surface area contributed by atoms with E-state index < -0.39 is 22.1 Å². The molecule has 0 saturated heterocycles. The average Bonchev–Trinajstić information content (AvgIpc) is 2.67. The van der Waals surface area contributed by atoms with E-state index in [9.17, 15) is 17.9 Å². The lowest BCUT2D eigenvalue weighted by atomic mass is 10.1. The molecule has 1 atom stereocenters. The Morgan fingerprint density at radius 1 is 1.30 bits per heavy atom. The third kappa shape index (κ3) is 2.49. The van der Waals surface area contributed by atoms with Crippen molar-refractivity contribution in [1.29, 1.82) is 0 Å². The van der Waals surface area contributed by atoms with Gasteiger partial charge in [0.2, 0.25) is 10.0 Å². The number of hydrogen-bond donors (Lipinski definition) is 1. The quantitative estimate of drug-likeness (QED) is 0.896. The molecule has 1 N–H and O–H groups in total. The summed E-state index contributed by atoms with van der Waals surface area (Å²) in [5.41, 5.74) is 0.765. The van der Waals surface area contributed by atoms with Crippen molar-refractivity contribution >= 4 is 21.6 Å². The lowest BCUT2D eigenvalue weighted by Crippen LogP contribution is -2.23. The number of benzene rings is 2. The maximum absolute atomic E-state index is 13.2. The van der Waals surface area contributed by atoms with Crippen molar-refractivity contribution in [2.75, 3.05) is 7.05 Å². The molecule has 23 heavy (non-hydrogen) atoms. The van der Waals surface area contributed by atoms with Crippen molar-refractivity contribution in [3.8, 4) is 11.5 Å². The summed E-state index contributed by atoms with van der Waals surface area (Å²) in [4.78, 5) is 0.0505. The predicted octanol–water partition coefficient (Wildman–Crippen LogP) is 3.20. The second-order valence-corrected chi connectivity index (χ2v) is 7.55. The van der Waals surface area contributed by atoms with Gasteiger partial charge in [-0.15, -0.1) is 0 Å². The Balaban J connectivity index is 2.06. The van der Waals surface area contributed by atoms with E-state index in [1.54, 1.807) is 6.92 Å². The Morgan fingerprint density at radius 3 is 2.65 bits per heavy atom. The van der Waals surface area contributed by atoms with Gasteiger partial charge in [0.25, 0.3) is 0 Å². The van der Waals surface area contributed by atoms with Gasteiger partial charge in [0, 0.05) is 24.2 Å². The molecular formula is C15H13ClFNO4S. The minimum Gasteiger partial charge on any atom is -0.457 e. The summed E-state index contributed by atoms with van der Waals surface area (Å²) in [7, 11) is -2.40.